The number of benzene rings is 4. The number of halogens is 2. The number of fused-ring (bicyclic) bond motifs is 3. The Balaban J connectivity index is 1.17. The smallest absolute Gasteiger partial charge is 0.175 e. The van der Waals surface area contributed by atoms with Crippen molar-refractivity contribution in [3.63, 3.8) is 0 Å². The van der Waals surface area contributed by atoms with Gasteiger partial charge in [0.05, 0.1) is 21.9 Å². The summed E-state index contributed by atoms with van der Waals surface area (Å²) in [6.45, 7) is 4.95. The summed E-state index contributed by atoms with van der Waals surface area (Å²) in [5.41, 5.74) is 7.95. The fourth-order valence-electron chi connectivity index (χ4n) is 5.76. The highest BCUT2D eigenvalue weighted by atomic mass is 127. The first kappa shape index (κ1) is 27.5. The third kappa shape index (κ3) is 6.03. The largest absolute Gasteiger partial charge is 0.490 e. The van der Waals surface area contributed by atoms with Gasteiger partial charge in [-0.15, -0.1) is 0 Å². The molecule has 2 aliphatic rings. The number of nitrogens with zero attached hydrogens (tertiary/aromatic N) is 1. The summed E-state index contributed by atoms with van der Waals surface area (Å²) in [6.07, 6.45) is 7.65. The molecule has 4 aromatic carbocycles. The SMILES string of the molecule is CCOc1cc(C=Nc2ccc([C@@H]3Nc4ccc(C)cc4[C@H]4C=CC[C@@H]43)cc2)cc(I)c1OCc1ccc(F)cc1. The normalized spacial score (nSPS) is 19.1. The third-order valence-corrected chi connectivity index (χ3v) is 8.56. The van der Waals surface area contributed by atoms with Crippen LogP contribution in [0.1, 0.15) is 53.1 Å². The lowest BCUT2D eigenvalue weighted by Crippen LogP contribution is -2.29. The monoisotopic (exact) mass is 658 g/mol. The molecule has 3 atom stereocenters. The summed E-state index contributed by atoms with van der Waals surface area (Å²) in [7, 11) is 0. The van der Waals surface area contributed by atoms with Gasteiger partial charge in [-0.3, -0.25) is 4.99 Å². The second-order valence-electron chi connectivity index (χ2n) is 10.6. The molecule has 0 spiro atoms. The summed E-state index contributed by atoms with van der Waals surface area (Å²) in [6, 6.07) is 25.9. The zero-order valence-corrected chi connectivity index (χ0v) is 25.3. The standard InChI is InChI=1S/C35H32FIN2O2/c1-3-40-33-19-24(18-31(37)35(33)41-21-23-8-12-26(36)13-9-23)20-38-27-14-10-25(11-15-27)34-29-6-4-5-28(29)30-17-22(2)7-16-32(30)39-34/h4-5,7-20,28-29,34,39H,3,6,21H2,1-2H3/t28-,29-,34-/m0/s1. The number of aryl methyl sites for hydroxylation is 1. The zero-order valence-electron chi connectivity index (χ0n) is 23.1. The number of ether oxygens (including phenoxy) is 2. The Hall–Kier alpha value is -3.65. The fourth-order valence-corrected chi connectivity index (χ4v) is 6.54. The van der Waals surface area contributed by atoms with E-state index in [1.807, 2.05) is 25.3 Å². The average Bonchev–Trinajstić information content (AvgIpc) is 3.47. The van der Waals surface area contributed by atoms with Crippen molar-refractivity contribution in [2.24, 2.45) is 10.9 Å². The molecule has 1 heterocycles. The quantitative estimate of drug-likeness (QED) is 0.117. The molecule has 0 unspecified atom stereocenters. The molecule has 0 bridgehead atoms. The molecule has 0 fully saturated rings. The highest BCUT2D eigenvalue weighted by molar-refractivity contribution is 14.1. The van der Waals surface area contributed by atoms with Gasteiger partial charge in [0.1, 0.15) is 12.4 Å². The van der Waals surface area contributed by atoms with Crippen molar-refractivity contribution in [2.45, 2.75) is 38.8 Å². The Bertz CT molecular complexity index is 1600. The van der Waals surface area contributed by atoms with Crippen molar-refractivity contribution in [3.8, 4) is 11.5 Å². The van der Waals surface area contributed by atoms with Gasteiger partial charge in [-0.05, 0) is 113 Å². The minimum Gasteiger partial charge on any atom is -0.490 e. The third-order valence-electron chi connectivity index (χ3n) is 7.76. The zero-order chi connectivity index (χ0) is 28.3. The minimum absolute atomic E-state index is 0.261. The number of rotatable bonds is 8. The van der Waals surface area contributed by atoms with E-state index < -0.39 is 0 Å². The maximum atomic E-state index is 13.3. The summed E-state index contributed by atoms with van der Waals surface area (Å²) in [5.74, 6) is 2.05. The van der Waals surface area contributed by atoms with Crippen molar-refractivity contribution in [1.82, 2.24) is 0 Å². The van der Waals surface area contributed by atoms with Gasteiger partial charge in [0.2, 0.25) is 0 Å². The molecule has 0 radical (unpaired) electrons. The van der Waals surface area contributed by atoms with Gasteiger partial charge in [-0.25, -0.2) is 4.39 Å². The molecule has 0 saturated carbocycles. The molecule has 6 rings (SSSR count). The first-order valence-electron chi connectivity index (χ1n) is 14.0. The van der Waals surface area contributed by atoms with Gasteiger partial charge in [0.15, 0.2) is 11.5 Å². The van der Waals surface area contributed by atoms with Crippen molar-refractivity contribution in [1.29, 1.82) is 0 Å². The summed E-state index contributed by atoms with van der Waals surface area (Å²) < 4.78 is 26.2. The number of hydrogen-bond acceptors (Lipinski definition) is 4. The minimum atomic E-state index is -0.261. The molecular formula is C35H32FIN2O2. The maximum absolute atomic E-state index is 13.3. The maximum Gasteiger partial charge on any atom is 0.175 e. The predicted octanol–water partition coefficient (Wildman–Crippen LogP) is 9.29. The topological polar surface area (TPSA) is 42.8 Å². The van der Waals surface area contributed by atoms with Crippen LogP contribution in [-0.2, 0) is 6.61 Å². The van der Waals surface area contributed by atoms with Crippen molar-refractivity contribution < 1.29 is 13.9 Å². The fraction of sp³-hybridized carbons (Fsp3) is 0.229. The van der Waals surface area contributed by atoms with Gasteiger partial charge >= 0.3 is 0 Å². The highest BCUT2D eigenvalue weighted by Crippen LogP contribution is 2.50. The molecule has 41 heavy (non-hydrogen) atoms. The molecule has 0 aromatic heterocycles. The molecule has 4 aromatic rings. The molecule has 1 aliphatic heterocycles. The second-order valence-corrected chi connectivity index (χ2v) is 11.8. The summed E-state index contributed by atoms with van der Waals surface area (Å²) >= 11 is 2.26. The van der Waals surface area contributed by atoms with Crippen LogP contribution in [-0.4, -0.2) is 12.8 Å². The van der Waals surface area contributed by atoms with E-state index in [9.17, 15) is 4.39 Å². The van der Waals surface area contributed by atoms with Crippen LogP contribution in [0.15, 0.2) is 96.0 Å². The van der Waals surface area contributed by atoms with Crippen LogP contribution in [0.5, 0.6) is 11.5 Å². The Morgan fingerprint density at radius 3 is 2.59 bits per heavy atom. The predicted molar refractivity (Wildman–Crippen MR) is 172 cm³/mol. The van der Waals surface area contributed by atoms with Crippen LogP contribution in [0.3, 0.4) is 0 Å². The molecule has 4 nitrogen and oxygen atoms in total. The Morgan fingerprint density at radius 1 is 1.00 bits per heavy atom. The first-order valence-corrected chi connectivity index (χ1v) is 15.1. The van der Waals surface area contributed by atoms with E-state index in [0.717, 1.165) is 26.8 Å². The molecule has 0 amide bonds. The van der Waals surface area contributed by atoms with Crippen LogP contribution in [0.2, 0.25) is 0 Å². The van der Waals surface area contributed by atoms with Gasteiger partial charge < -0.3 is 14.8 Å². The van der Waals surface area contributed by atoms with Crippen LogP contribution in [0, 0.1) is 22.2 Å². The lowest BCUT2D eigenvalue weighted by molar-refractivity contribution is 0.267. The van der Waals surface area contributed by atoms with Crippen molar-refractivity contribution >= 4 is 40.2 Å². The number of aliphatic imine (C=N–C) groups is 1. The number of nitrogens with one attached hydrogen (secondary N) is 1. The first-order chi connectivity index (χ1) is 20.0. The lowest BCUT2D eigenvalue weighted by atomic mass is 9.76. The Labute approximate surface area is 254 Å². The Morgan fingerprint density at radius 2 is 1.80 bits per heavy atom. The molecule has 1 aliphatic carbocycles. The van der Waals surface area contributed by atoms with E-state index in [0.29, 0.717) is 36.5 Å². The van der Waals surface area contributed by atoms with Crippen LogP contribution < -0.4 is 14.8 Å². The van der Waals surface area contributed by atoms with Gasteiger partial charge in [-0.1, -0.05) is 54.1 Å². The van der Waals surface area contributed by atoms with Crippen molar-refractivity contribution in [2.75, 3.05) is 11.9 Å². The van der Waals surface area contributed by atoms with Crippen molar-refractivity contribution in [3.05, 3.63) is 128 Å². The van der Waals surface area contributed by atoms with Gasteiger partial charge in [-0.2, -0.15) is 0 Å². The number of hydrogen-bond donors (Lipinski definition) is 1. The van der Waals surface area contributed by atoms with E-state index in [-0.39, 0.29) is 11.9 Å². The van der Waals surface area contributed by atoms with Gasteiger partial charge in [0, 0.05) is 17.8 Å². The lowest BCUT2D eigenvalue weighted by Gasteiger charge is -2.37. The van der Waals surface area contributed by atoms with Crippen LogP contribution >= 0.6 is 22.6 Å². The number of allylic oxidation sites excluding steroid dienone is 2. The molecule has 6 heteroatoms. The van der Waals surface area contributed by atoms with E-state index in [4.69, 9.17) is 14.5 Å². The van der Waals surface area contributed by atoms with Gasteiger partial charge in [0.25, 0.3) is 0 Å². The molecule has 208 valence electrons. The van der Waals surface area contributed by atoms with E-state index in [1.54, 1.807) is 12.1 Å². The Kier molecular flexibility index (Phi) is 8.10. The van der Waals surface area contributed by atoms with Crippen LogP contribution in [0.4, 0.5) is 15.8 Å². The van der Waals surface area contributed by atoms with E-state index in [1.165, 1.54) is 34.5 Å². The summed E-state index contributed by atoms with van der Waals surface area (Å²) in [5, 5.41) is 3.82. The van der Waals surface area contributed by atoms with E-state index >= 15 is 0 Å². The highest BCUT2D eigenvalue weighted by Gasteiger charge is 2.37. The second kappa shape index (κ2) is 12.1. The van der Waals surface area contributed by atoms with Crippen LogP contribution in [0.25, 0.3) is 0 Å². The molecular weight excluding hydrogens is 626 g/mol. The van der Waals surface area contributed by atoms with E-state index in [2.05, 4.69) is 89.4 Å². The average molecular weight is 659 g/mol. The number of anilines is 1. The molecule has 1 N–H and O–H groups in total. The summed E-state index contributed by atoms with van der Waals surface area (Å²) in [4.78, 5) is 4.76. The molecule has 0 saturated heterocycles.